The SMILES string of the molecule is C[C@H](NCC(=O)O)C(=O)N1CCC[C@]1(C(=O)O)C1CCOCC1.N=C(N)c1ccc(C(N)=O)cn1. The first-order chi connectivity index (χ1) is 16.5. The highest BCUT2D eigenvalue weighted by atomic mass is 16.5. The van der Waals surface area contributed by atoms with Gasteiger partial charge >= 0.3 is 11.9 Å². The lowest BCUT2D eigenvalue weighted by Crippen LogP contribution is -2.61. The molecule has 0 saturated carbocycles. The number of amidine groups is 1. The topological polar surface area (TPSA) is 222 Å². The number of carbonyl (C=O) groups excluding carboxylic acids is 2. The van der Waals surface area contributed by atoms with Gasteiger partial charge in [-0.1, -0.05) is 0 Å². The molecule has 1 aromatic heterocycles. The van der Waals surface area contributed by atoms with E-state index in [9.17, 15) is 24.3 Å². The molecule has 0 spiro atoms. The highest BCUT2D eigenvalue weighted by molar-refractivity contribution is 5.95. The lowest BCUT2D eigenvalue weighted by Gasteiger charge is -2.43. The molecule has 8 N–H and O–H groups in total. The van der Waals surface area contributed by atoms with Gasteiger partial charge in [-0.3, -0.25) is 30.1 Å². The molecule has 3 rings (SSSR count). The predicted molar refractivity (Wildman–Crippen MR) is 124 cm³/mol. The Morgan fingerprint density at radius 1 is 1.26 bits per heavy atom. The number of nitrogens with zero attached hydrogens (tertiary/aromatic N) is 2. The van der Waals surface area contributed by atoms with Gasteiger partial charge in [-0.2, -0.15) is 0 Å². The molecule has 0 unspecified atom stereocenters. The summed E-state index contributed by atoms with van der Waals surface area (Å²) in [6.07, 6.45) is 3.60. The van der Waals surface area contributed by atoms with Crippen molar-refractivity contribution in [3.8, 4) is 0 Å². The summed E-state index contributed by atoms with van der Waals surface area (Å²) in [7, 11) is 0. The number of carbonyl (C=O) groups is 4. The molecule has 1 aromatic rings. The molecule has 0 bridgehead atoms. The molecule has 0 radical (unpaired) electrons. The van der Waals surface area contributed by atoms with Crippen molar-refractivity contribution in [2.45, 2.75) is 44.2 Å². The quantitative estimate of drug-likeness (QED) is 0.199. The smallest absolute Gasteiger partial charge is 0.329 e. The van der Waals surface area contributed by atoms with Crippen LogP contribution in [0.15, 0.2) is 18.3 Å². The Kier molecular flexibility index (Phi) is 9.66. The zero-order valence-electron chi connectivity index (χ0n) is 19.5. The van der Waals surface area contributed by atoms with Crippen molar-refractivity contribution < 1.29 is 34.1 Å². The molecular weight excluding hydrogens is 460 g/mol. The molecule has 0 aromatic carbocycles. The Morgan fingerprint density at radius 2 is 1.91 bits per heavy atom. The van der Waals surface area contributed by atoms with Crippen LogP contribution in [0.3, 0.4) is 0 Å². The molecule has 2 amide bonds. The second-order valence-electron chi connectivity index (χ2n) is 8.42. The minimum Gasteiger partial charge on any atom is -0.480 e. The standard InChI is InChI=1S/C15H24N2O6.C7H8N4O/c1-10(16-9-12(18)19)13(20)17-6-2-5-15(17,14(21)22)11-3-7-23-8-4-11;8-6(9)5-2-1-4(3-11-5)7(10)12/h10-11,16H,2-9H2,1H3,(H,18,19)(H,21,22);1-3H,(H3,8,9)(H2,10,12)/t10-,15+;/m0./s1. The Balaban J connectivity index is 0.000000303. The number of nitrogen functional groups attached to an aromatic ring is 1. The van der Waals surface area contributed by atoms with Crippen molar-refractivity contribution in [1.29, 1.82) is 5.41 Å². The van der Waals surface area contributed by atoms with E-state index in [4.69, 9.17) is 26.7 Å². The normalized spacial score (nSPS) is 20.9. The maximum atomic E-state index is 12.7. The minimum absolute atomic E-state index is 0.133. The summed E-state index contributed by atoms with van der Waals surface area (Å²) < 4.78 is 5.32. The molecule has 2 aliphatic heterocycles. The molecule has 2 atom stereocenters. The van der Waals surface area contributed by atoms with Gasteiger partial charge in [0.05, 0.1) is 18.2 Å². The number of primary amides is 1. The zero-order chi connectivity index (χ0) is 26.2. The molecule has 0 aliphatic carbocycles. The number of carboxylic acids is 2. The van der Waals surface area contributed by atoms with Crippen molar-refractivity contribution in [3.63, 3.8) is 0 Å². The molecular formula is C22H32N6O7. The predicted octanol–water partition coefficient (Wildman–Crippen LogP) is -0.614. The summed E-state index contributed by atoms with van der Waals surface area (Å²) >= 11 is 0. The van der Waals surface area contributed by atoms with Gasteiger partial charge in [-0.15, -0.1) is 0 Å². The van der Waals surface area contributed by atoms with Crippen LogP contribution in [0, 0.1) is 11.3 Å². The van der Waals surface area contributed by atoms with Crippen LogP contribution in [0.2, 0.25) is 0 Å². The lowest BCUT2D eigenvalue weighted by molar-refractivity contribution is -0.164. The average Bonchev–Trinajstić information content (AvgIpc) is 3.29. The van der Waals surface area contributed by atoms with Crippen molar-refractivity contribution in [2.75, 3.05) is 26.3 Å². The van der Waals surface area contributed by atoms with E-state index < -0.39 is 29.4 Å². The summed E-state index contributed by atoms with van der Waals surface area (Å²) in [5.41, 5.74) is 9.57. The number of nitrogens with one attached hydrogen (secondary N) is 2. The van der Waals surface area contributed by atoms with Crippen LogP contribution in [0.4, 0.5) is 0 Å². The van der Waals surface area contributed by atoms with Crippen LogP contribution in [-0.4, -0.2) is 87.6 Å². The number of carboxylic acid groups (broad SMARTS) is 2. The largest absolute Gasteiger partial charge is 0.480 e. The Bertz CT molecular complexity index is 915. The number of pyridine rings is 1. The number of nitrogens with two attached hydrogens (primary N) is 2. The van der Waals surface area contributed by atoms with Gasteiger partial charge in [0.25, 0.3) is 0 Å². The molecule has 2 fully saturated rings. The van der Waals surface area contributed by atoms with E-state index in [-0.39, 0.29) is 24.2 Å². The molecule has 3 heterocycles. The molecule has 2 saturated heterocycles. The van der Waals surface area contributed by atoms with Crippen LogP contribution in [-0.2, 0) is 19.1 Å². The van der Waals surface area contributed by atoms with Crippen LogP contribution < -0.4 is 16.8 Å². The fourth-order valence-corrected chi connectivity index (χ4v) is 4.41. The van der Waals surface area contributed by atoms with E-state index in [1.54, 1.807) is 6.92 Å². The summed E-state index contributed by atoms with van der Waals surface area (Å²) in [5, 5.41) is 28.2. The third kappa shape index (κ3) is 6.73. The third-order valence-electron chi connectivity index (χ3n) is 6.21. The first-order valence-corrected chi connectivity index (χ1v) is 11.2. The molecule has 192 valence electrons. The van der Waals surface area contributed by atoms with Crippen LogP contribution in [0.1, 0.15) is 48.7 Å². The summed E-state index contributed by atoms with van der Waals surface area (Å²) in [4.78, 5) is 51.2. The zero-order valence-corrected chi connectivity index (χ0v) is 19.5. The van der Waals surface area contributed by atoms with E-state index in [1.807, 2.05) is 0 Å². The van der Waals surface area contributed by atoms with Crippen LogP contribution >= 0.6 is 0 Å². The van der Waals surface area contributed by atoms with Gasteiger partial charge in [0.15, 0.2) is 0 Å². The monoisotopic (exact) mass is 492 g/mol. The highest BCUT2D eigenvalue weighted by Crippen LogP contribution is 2.41. The van der Waals surface area contributed by atoms with Gasteiger partial charge in [-0.25, -0.2) is 4.79 Å². The van der Waals surface area contributed by atoms with Gasteiger partial charge in [-0.05, 0) is 50.7 Å². The van der Waals surface area contributed by atoms with E-state index >= 15 is 0 Å². The fourth-order valence-electron chi connectivity index (χ4n) is 4.41. The number of aliphatic carboxylic acids is 2. The van der Waals surface area contributed by atoms with Crippen molar-refractivity contribution in [3.05, 3.63) is 29.6 Å². The maximum Gasteiger partial charge on any atom is 0.329 e. The number of aromatic nitrogens is 1. The van der Waals surface area contributed by atoms with Gasteiger partial charge in [0, 0.05) is 26.0 Å². The third-order valence-corrected chi connectivity index (χ3v) is 6.21. The van der Waals surface area contributed by atoms with Gasteiger partial charge in [0.2, 0.25) is 11.8 Å². The van der Waals surface area contributed by atoms with E-state index in [0.29, 0.717) is 56.7 Å². The van der Waals surface area contributed by atoms with Crippen LogP contribution in [0.5, 0.6) is 0 Å². The first kappa shape index (κ1) is 27.7. The van der Waals surface area contributed by atoms with Gasteiger partial charge < -0.3 is 31.3 Å². The molecule has 13 nitrogen and oxygen atoms in total. The summed E-state index contributed by atoms with van der Waals surface area (Å²) in [6.45, 7) is 2.64. The first-order valence-electron chi connectivity index (χ1n) is 11.2. The summed E-state index contributed by atoms with van der Waals surface area (Å²) in [6, 6.07) is 2.22. The minimum atomic E-state index is -1.19. The van der Waals surface area contributed by atoms with E-state index in [1.165, 1.54) is 23.2 Å². The van der Waals surface area contributed by atoms with E-state index in [0.717, 1.165) is 0 Å². The summed E-state index contributed by atoms with van der Waals surface area (Å²) in [5.74, 6) is -3.19. The number of amides is 2. The Morgan fingerprint density at radius 3 is 2.40 bits per heavy atom. The molecule has 13 heteroatoms. The average molecular weight is 493 g/mol. The second kappa shape index (κ2) is 12.2. The number of rotatable bonds is 8. The lowest BCUT2D eigenvalue weighted by atomic mass is 9.76. The number of hydrogen-bond donors (Lipinski definition) is 6. The van der Waals surface area contributed by atoms with Crippen LogP contribution in [0.25, 0.3) is 0 Å². The Hall–Kier alpha value is -3.58. The molecule has 2 aliphatic rings. The molecule has 35 heavy (non-hydrogen) atoms. The maximum absolute atomic E-state index is 12.7. The second-order valence-corrected chi connectivity index (χ2v) is 8.42. The van der Waals surface area contributed by atoms with Gasteiger partial charge in [0.1, 0.15) is 17.1 Å². The van der Waals surface area contributed by atoms with E-state index in [2.05, 4.69) is 10.3 Å². The van der Waals surface area contributed by atoms with Crippen molar-refractivity contribution >= 4 is 29.6 Å². The van der Waals surface area contributed by atoms with Crippen molar-refractivity contribution in [1.82, 2.24) is 15.2 Å². The number of hydrogen-bond acceptors (Lipinski definition) is 8. The number of likely N-dealkylation sites (tertiary alicyclic amines) is 1. The van der Waals surface area contributed by atoms with Crippen molar-refractivity contribution in [2.24, 2.45) is 17.4 Å². The highest BCUT2D eigenvalue weighted by Gasteiger charge is 2.55. The Labute approximate surface area is 202 Å². The fraction of sp³-hybridized carbons (Fsp3) is 0.545. The number of ether oxygens (including phenoxy) is 1.